The van der Waals surface area contributed by atoms with E-state index in [1.165, 1.54) is 18.3 Å². The van der Waals surface area contributed by atoms with Crippen LogP contribution in [0.2, 0.25) is 25.7 Å². The van der Waals surface area contributed by atoms with E-state index in [4.69, 9.17) is 4.74 Å². The molecule has 0 radical (unpaired) electrons. The van der Waals surface area contributed by atoms with E-state index < -0.39 is 8.07 Å². The van der Waals surface area contributed by atoms with Crippen molar-refractivity contribution >= 4 is 14.0 Å². The third kappa shape index (κ3) is 8.29. The molecule has 3 heteroatoms. The monoisotopic (exact) mass is 268 g/mol. The van der Waals surface area contributed by atoms with Crippen LogP contribution >= 0.6 is 0 Å². The summed E-state index contributed by atoms with van der Waals surface area (Å²) in [6, 6.07) is 1.06. The highest BCUT2D eigenvalue weighted by Gasteiger charge is 2.17. The first-order valence-corrected chi connectivity index (χ1v) is 10.3. The Balaban J connectivity index is 4.63. The SMILES string of the molecule is C=C(C)[C@@H](C)CC/C(=C/C(=O)OC)C[Si](C)(C)C. The molecule has 2 nitrogen and oxygen atoms in total. The lowest BCUT2D eigenvalue weighted by Crippen LogP contribution is -2.20. The van der Waals surface area contributed by atoms with Crippen LogP contribution in [0.25, 0.3) is 0 Å². The van der Waals surface area contributed by atoms with Gasteiger partial charge in [0.15, 0.2) is 0 Å². The van der Waals surface area contributed by atoms with E-state index in [1.54, 1.807) is 6.08 Å². The van der Waals surface area contributed by atoms with Crippen molar-refractivity contribution in [3.63, 3.8) is 0 Å². The van der Waals surface area contributed by atoms with Gasteiger partial charge in [-0.3, -0.25) is 0 Å². The van der Waals surface area contributed by atoms with Crippen molar-refractivity contribution in [2.24, 2.45) is 5.92 Å². The maximum absolute atomic E-state index is 11.4. The van der Waals surface area contributed by atoms with Gasteiger partial charge in [-0.1, -0.05) is 44.3 Å². The van der Waals surface area contributed by atoms with Crippen molar-refractivity contribution in [2.75, 3.05) is 7.11 Å². The second-order valence-electron chi connectivity index (χ2n) is 6.35. The molecule has 1 atom stereocenters. The number of esters is 1. The van der Waals surface area contributed by atoms with Gasteiger partial charge in [-0.2, -0.15) is 0 Å². The zero-order valence-electron chi connectivity index (χ0n) is 12.8. The van der Waals surface area contributed by atoms with Crippen molar-refractivity contribution in [1.29, 1.82) is 0 Å². The van der Waals surface area contributed by atoms with Gasteiger partial charge >= 0.3 is 5.97 Å². The van der Waals surface area contributed by atoms with Gasteiger partial charge in [-0.05, 0) is 31.7 Å². The van der Waals surface area contributed by atoms with Crippen LogP contribution in [0.1, 0.15) is 26.7 Å². The molecule has 0 amide bonds. The highest BCUT2D eigenvalue weighted by atomic mass is 28.3. The molecule has 0 rings (SSSR count). The molecule has 18 heavy (non-hydrogen) atoms. The molecule has 0 fully saturated rings. The first-order chi connectivity index (χ1) is 8.15. The average Bonchev–Trinajstić information content (AvgIpc) is 2.22. The summed E-state index contributed by atoms with van der Waals surface area (Å²) in [4.78, 5) is 11.4. The molecule has 0 heterocycles. The lowest BCUT2D eigenvalue weighted by atomic mass is 9.96. The van der Waals surface area contributed by atoms with E-state index >= 15 is 0 Å². The van der Waals surface area contributed by atoms with Crippen LogP contribution in [-0.4, -0.2) is 21.2 Å². The predicted octanol–water partition coefficient (Wildman–Crippen LogP) is 4.42. The van der Waals surface area contributed by atoms with Gasteiger partial charge in [0.1, 0.15) is 0 Å². The van der Waals surface area contributed by atoms with Crippen LogP contribution in [0, 0.1) is 5.92 Å². The summed E-state index contributed by atoms with van der Waals surface area (Å²) in [6.07, 6.45) is 3.71. The Morgan fingerprint density at radius 3 is 2.33 bits per heavy atom. The minimum atomic E-state index is -1.20. The Morgan fingerprint density at radius 2 is 1.94 bits per heavy atom. The Labute approximate surface area is 113 Å². The standard InChI is InChI=1S/C15H28O2Si/c1-12(2)13(3)8-9-14(10-15(16)17-4)11-18(5,6)7/h10,13H,1,8-9,11H2,2-7H3/b14-10-/t13-/m0/s1. The molecule has 0 unspecified atom stereocenters. The van der Waals surface area contributed by atoms with Crippen LogP contribution in [0.15, 0.2) is 23.8 Å². The van der Waals surface area contributed by atoms with E-state index in [1.807, 2.05) is 0 Å². The molecule has 0 aliphatic carbocycles. The molecule has 0 aromatic carbocycles. The largest absolute Gasteiger partial charge is 0.466 e. The lowest BCUT2D eigenvalue weighted by Gasteiger charge is -2.20. The number of methoxy groups -OCH3 is 1. The Bertz CT molecular complexity index is 324. The molecule has 0 aromatic rings. The number of carbonyl (C=O) groups excluding carboxylic acids is 1. The maximum Gasteiger partial charge on any atom is 0.330 e. The molecule has 0 saturated carbocycles. The van der Waals surface area contributed by atoms with E-state index in [-0.39, 0.29) is 5.97 Å². The molecular formula is C15H28O2Si. The highest BCUT2D eigenvalue weighted by molar-refractivity contribution is 6.76. The van der Waals surface area contributed by atoms with Gasteiger partial charge < -0.3 is 4.74 Å². The molecule has 104 valence electrons. The van der Waals surface area contributed by atoms with E-state index in [2.05, 4.69) is 40.1 Å². The van der Waals surface area contributed by atoms with Crippen LogP contribution in [-0.2, 0) is 9.53 Å². The van der Waals surface area contributed by atoms with Crippen LogP contribution < -0.4 is 0 Å². The molecular weight excluding hydrogens is 240 g/mol. The Morgan fingerprint density at radius 1 is 1.39 bits per heavy atom. The van der Waals surface area contributed by atoms with Crippen molar-refractivity contribution in [1.82, 2.24) is 0 Å². The third-order valence-corrected chi connectivity index (χ3v) is 4.54. The van der Waals surface area contributed by atoms with Gasteiger partial charge in [-0.25, -0.2) is 4.79 Å². The van der Waals surface area contributed by atoms with Gasteiger partial charge in [0.05, 0.1) is 7.11 Å². The number of rotatable bonds is 7. The molecule has 0 spiro atoms. The van der Waals surface area contributed by atoms with Crippen LogP contribution in [0.3, 0.4) is 0 Å². The summed E-state index contributed by atoms with van der Waals surface area (Å²) in [5, 5.41) is 0. The molecule has 0 saturated heterocycles. The Hall–Kier alpha value is -0.833. The predicted molar refractivity (Wildman–Crippen MR) is 81.5 cm³/mol. The topological polar surface area (TPSA) is 26.3 Å². The average molecular weight is 268 g/mol. The molecule has 0 N–H and O–H groups in total. The van der Waals surface area contributed by atoms with Crippen molar-refractivity contribution in [3.05, 3.63) is 23.8 Å². The highest BCUT2D eigenvalue weighted by Crippen LogP contribution is 2.24. The fourth-order valence-corrected chi connectivity index (χ4v) is 3.41. The summed E-state index contributed by atoms with van der Waals surface area (Å²) < 4.78 is 4.73. The van der Waals surface area contributed by atoms with Crippen molar-refractivity contribution in [2.45, 2.75) is 52.4 Å². The first kappa shape index (κ1) is 17.2. The molecule has 0 aliphatic heterocycles. The van der Waals surface area contributed by atoms with Gasteiger partial charge in [0.2, 0.25) is 0 Å². The van der Waals surface area contributed by atoms with Gasteiger partial charge in [-0.15, -0.1) is 0 Å². The molecule has 0 bridgehead atoms. The number of hydrogen-bond acceptors (Lipinski definition) is 2. The summed E-state index contributed by atoms with van der Waals surface area (Å²) in [5.41, 5.74) is 2.44. The van der Waals surface area contributed by atoms with Crippen molar-refractivity contribution in [3.8, 4) is 0 Å². The van der Waals surface area contributed by atoms with Crippen LogP contribution in [0.5, 0.6) is 0 Å². The maximum atomic E-state index is 11.4. The second-order valence-corrected chi connectivity index (χ2v) is 11.8. The summed E-state index contributed by atoms with van der Waals surface area (Å²) in [5.74, 6) is 0.277. The minimum absolute atomic E-state index is 0.230. The summed E-state index contributed by atoms with van der Waals surface area (Å²) in [7, 11) is 0.234. The second kappa shape index (κ2) is 7.57. The summed E-state index contributed by atoms with van der Waals surface area (Å²) in [6.45, 7) is 15.2. The minimum Gasteiger partial charge on any atom is -0.466 e. The Kier molecular flexibility index (Phi) is 7.22. The smallest absolute Gasteiger partial charge is 0.330 e. The number of ether oxygens (including phenoxy) is 1. The number of allylic oxidation sites excluding steroid dienone is 2. The normalized spacial score (nSPS) is 14.2. The quantitative estimate of drug-likeness (QED) is 0.296. The van der Waals surface area contributed by atoms with Crippen molar-refractivity contribution < 1.29 is 9.53 Å². The fourth-order valence-electron chi connectivity index (χ4n) is 1.77. The fraction of sp³-hybridized carbons (Fsp3) is 0.667. The number of hydrogen-bond donors (Lipinski definition) is 0. The zero-order chi connectivity index (χ0) is 14.3. The van der Waals surface area contributed by atoms with Gasteiger partial charge in [0, 0.05) is 14.1 Å². The lowest BCUT2D eigenvalue weighted by molar-refractivity contribution is -0.134. The van der Waals surface area contributed by atoms with Crippen LogP contribution in [0.4, 0.5) is 0 Å². The molecule has 0 aliphatic rings. The first-order valence-electron chi connectivity index (χ1n) is 6.58. The zero-order valence-corrected chi connectivity index (χ0v) is 13.8. The van der Waals surface area contributed by atoms with E-state index in [0.717, 1.165) is 18.9 Å². The number of carbonyl (C=O) groups is 1. The molecule has 0 aromatic heterocycles. The van der Waals surface area contributed by atoms with E-state index in [0.29, 0.717) is 5.92 Å². The summed E-state index contributed by atoms with van der Waals surface area (Å²) >= 11 is 0. The van der Waals surface area contributed by atoms with Gasteiger partial charge in [0.25, 0.3) is 0 Å². The third-order valence-electron chi connectivity index (χ3n) is 3.02. The van der Waals surface area contributed by atoms with E-state index in [9.17, 15) is 4.79 Å².